The normalized spacial score (nSPS) is 28.3. The van der Waals surface area contributed by atoms with Crippen molar-refractivity contribution in [3.05, 3.63) is 35.9 Å². The lowest BCUT2D eigenvalue weighted by Crippen LogP contribution is -2.41. The monoisotopic (exact) mass is 375 g/mol. The van der Waals surface area contributed by atoms with Gasteiger partial charge in [0.1, 0.15) is 0 Å². The van der Waals surface area contributed by atoms with Gasteiger partial charge in [-0.25, -0.2) is 10.3 Å². The summed E-state index contributed by atoms with van der Waals surface area (Å²) in [5.41, 5.74) is 3.95. The molecule has 1 unspecified atom stereocenters. The Bertz CT molecular complexity index is 563. The van der Waals surface area contributed by atoms with E-state index in [1.807, 2.05) is 0 Å². The van der Waals surface area contributed by atoms with Crippen molar-refractivity contribution in [3.8, 4) is 0 Å². The second-order valence-electron chi connectivity index (χ2n) is 8.09. The van der Waals surface area contributed by atoms with Crippen LogP contribution in [0.15, 0.2) is 30.3 Å². The zero-order chi connectivity index (χ0) is 19.1. The first kappa shape index (κ1) is 20.3. The van der Waals surface area contributed by atoms with Gasteiger partial charge in [0.15, 0.2) is 6.29 Å². The van der Waals surface area contributed by atoms with E-state index >= 15 is 0 Å². The SMILES string of the molecule is C[C@@H](O)[C@@H](CC1CCC(c2ccccc2)CC1)C(=O)NOC1CCCCO1. The number of aliphatic hydroxyl groups is 1. The lowest BCUT2D eigenvalue weighted by atomic mass is 9.75. The van der Waals surface area contributed by atoms with Gasteiger partial charge >= 0.3 is 0 Å². The Hall–Kier alpha value is -1.43. The Morgan fingerprint density at radius 2 is 1.93 bits per heavy atom. The maximum atomic E-state index is 12.5. The van der Waals surface area contributed by atoms with Gasteiger partial charge in [-0.15, -0.1) is 0 Å². The highest BCUT2D eigenvalue weighted by Crippen LogP contribution is 2.38. The van der Waals surface area contributed by atoms with E-state index in [1.165, 1.54) is 5.56 Å². The summed E-state index contributed by atoms with van der Waals surface area (Å²) in [4.78, 5) is 17.9. The standard InChI is InChI=1S/C22H33NO4/c1-16(24)20(22(25)23-27-21-9-5-6-14-26-21)15-17-10-12-19(13-11-17)18-7-3-2-4-8-18/h2-4,7-8,16-17,19-21,24H,5-6,9-15H2,1H3,(H,23,25)/t16-,17?,19?,20-,21?/m1/s1. The van der Waals surface area contributed by atoms with Crippen LogP contribution in [0.5, 0.6) is 0 Å². The number of benzene rings is 1. The number of hydroxylamine groups is 1. The topological polar surface area (TPSA) is 67.8 Å². The van der Waals surface area contributed by atoms with Gasteiger partial charge in [-0.05, 0) is 69.3 Å². The highest BCUT2D eigenvalue weighted by molar-refractivity contribution is 5.78. The van der Waals surface area contributed by atoms with E-state index in [1.54, 1.807) is 6.92 Å². The first-order valence-electron chi connectivity index (χ1n) is 10.4. The summed E-state index contributed by atoms with van der Waals surface area (Å²) in [6.07, 6.45) is 7.03. The summed E-state index contributed by atoms with van der Waals surface area (Å²) in [5.74, 6) is 0.422. The van der Waals surface area contributed by atoms with Crippen LogP contribution in [0.3, 0.4) is 0 Å². The molecule has 3 rings (SSSR count). The second-order valence-corrected chi connectivity index (χ2v) is 8.09. The first-order chi connectivity index (χ1) is 13.1. The molecular weight excluding hydrogens is 342 g/mol. The molecule has 27 heavy (non-hydrogen) atoms. The zero-order valence-corrected chi connectivity index (χ0v) is 16.3. The fourth-order valence-corrected chi connectivity index (χ4v) is 4.34. The lowest BCUT2D eigenvalue weighted by Gasteiger charge is -2.32. The Labute approximate surface area is 162 Å². The first-order valence-corrected chi connectivity index (χ1v) is 10.4. The summed E-state index contributed by atoms with van der Waals surface area (Å²) in [6, 6.07) is 10.7. The molecule has 1 aromatic rings. The molecule has 3 atom stereocenters. The van der Waals surface area contributed by atoms with Crippen molar-refractivity contribution in [3.63, 3.8) is 0 Å². The summed E-state index contributed by atoms with van der Waals surface area (Å²) in [7, 11) is 0. The molecule has 0 radical (unpaired) electrons. The van der Waals surface area contributed by atoms with Gasteiger partial charge < -0.3 is 9.84 Å². The fourth-order valence-electron chi connectivity index (χ4n) is 4.34. The fraction of sp³-hybridized carbons (Fsp3) is 0.682. The molecule has 2 fully saturated rings. The maximum absolute atomic E-state index is 12.5. The van der Waals surface area contributed by atoms with Crippen molar-refractivity contribution in [1.82, 2.24) is 5.48 Å². The van der Waals surface area contributed by atoms with E-state index in [9.17, 15) is 9.90 Å². The number of hydrogen-bond donors (Lipinski definition) is 2. The van der Waals surface area contributed by atoms with E-state index < -0.39 is 12.0 Å². The van der Waals surface area contributed by atoms with Crippen LogP contribution in [0.4, 0.5) is 0 Å². The minimum atomic E-state index is -0.687. The predicted molar refractivity (Wildman–Crippen MR) is 104 cm³/mol. The summed E-state index contributed by atoms with van der Waals surface area (Å²) in [6.45, 7) is 2.36. The third kappa shape index (κ3) is 6.03. The molecule has 0 bridgehead atoms. The van der Waals surface area contributed by atoms with Crippen LogP contribution >= 0.6 is 0 Å². The quantitative estimate of drug-likeness (QED) is 0.709. The average molecular weight is 376 g/mol. The van der Waals surface area contributed by atoms with Gasteiger partial charge in [-0.2, -0.15) is 0 Å². The van der Waals surface area contributed by atoms with Gasteiger partial charge in [0.05, 0.1) is 12.0 Å². The van der Waals surface area contributed by atoms with Crippen molar-refractivity contribution in [2.24, 2.45) is 11.8 Å². The van der Waals surface area contributed by atoms with E-state index in [2.05, 4.69) is 35.8 Å². The van der Waals surface area contributed by atoms with Crippen LogP contribution in [0.1, 0.15) is 69.8 Å². The van der Waals surface area contributed by atoms with E-state index in [0.717, 1.165) is 44.9 Å². The lowest BCUT2D eigenvalue weighted by molar-refractivity contribution is -0.203. The second kappa shape index (κ2) is 10.2. The molecule has 5 nitrogen and oxygen atoms in total. The van der Waals surface area contributed by atoms with Crippen LogP contribution in [0.2, 0.25) is 0 Å². The molecule has 1 saturated carbocycles. The number of amides is 1. The molecule has 0 aromatic heterocycles. The highest BCUT2D eigenvalue weighted by Gasteiger charge is 2.31. The van der Waals surface area contributed by atoms with Crippen molar-refractivity contribution >= 4 is 5.91 Å². The third-order valence-corrected chi connectivity index (χ3v) is 6.05. The zero-order valence-electron chi connectivity index (χ0n) is 16.3. The number of nitrogens with one attached hydrogen (secondary N) is 1. The van der Waals surface area contributed by atoms with Gasteiger partial charge in [0.2, 0.25) is 5.91 Å². The van der Waals surface area contributed by atoms with Crippen molar-refractivity contribution in [2.75, 3.05) is 6.61 Å². The van der Waals surface area contributed by atoms with E-state index in [-0.39, 0.29) is 12.2 Å². The molecule has 1 saturated heterocycles. The molecule has 1 heterocycles. The Balaban J connectivity index is 1.45. The number of hydrogen-bond acceptors (Lipinski definition) is 4. The predicted octanol–water partition coefficient (Wildman–Crippen LogP) is 3.92. The smallest absolute Gasteiger partial charge is 0.249 e. The largest absolute Gasteiger partial charge is 0.393 e. The van der Waals surface area contributed by atoms with Crippen LogP contribution in [-0.4, -0.2) is 30.0 Å². The van der Waals surface area contributed by atoms with Crippen LogP contribution in [0.25, 0.3) is 0 Å². The summed E-state index contributed by atoms with van der Waals surface area (Å²) >= 11 is 0. The maximum Gasteiger partial charge on any atom is 0.249 e. The molecule has 2 aliphatic rings. The average Bonchev–Trinajstić information content (AvgIpc) is 2.72. The van der Waals surface area contributed by atoms with E-state index in [0.29, 0.717) is 24.9 Å². The Morgan fingerprint density at radius 3 is 2.56 bits per heavy atom. The highest BCUT2D eigenvalue weighted by atomic mass is 16.8. The van der Waals surface area contributed by atoms with Crippen LogP contribution in [0, 0.1) is 11.8 Å². The van der Waals surface area contributed by atoms with Gasteiger partial charge in [-0.3, -0.25) is 4.79 Å². The molecular formula is C22H33NO4. The van der Waals surface area contributed by atoms with Gasteiger partial charge in [0.25, 0.3) is 0 Å². The Morgan fingerprint density at radius 1 is 1.19 bits per heavy atom. The molecule has 1 amide bonds. The minimum absolute atomic E-state index is 0.232. The van der Waals surface area contributed by atoms with E-state index in [4.69, 9.17) is 9.57 Å². The van der Waals surface area contributed by atoms with Crippen LogP contribution in [-0.2, 0) is 14.4 Å². The molecule has 150 valence electrons. The molecule has 1 aromatic carbocycles. The molecule has 2 N–H and O–H groups in total. The van der Waals surface area contributed by atoms with Crippen molar-refractivity contribution in [1.29, 1.82) is 0 Å². The number of rotatable bonds is 7. The molecule has 1 aliphatic heterocycles. The summed E-state index contributed by atoms with van der Waals surface area (Å²) in [5, 5.41) is 10.1. The number of carbonyl (C=O) groups excluding carboxylic acids is 1. The number of ether oxygens (including phenoxy) is 1. The molecule has 0 spiro atoms. The number of carbonyl (C=O) groups is 1. The molecule has 1 aliphatic carbocycles. The van der Waals surface area contributed by atoms with Gasteiger partial charge in [-0.1, -0.05) is 30.3 Å². The van der Waals surface area contributed by atoms with Crippen LogP contribution < -0.4 is 5.48 Å². The Kier molecular flexibility index (Phi) is 7.68. The summed E-state index contributed by atoms with van der Waals surface area (Å²) < 4.78 is 5.47. The van der Waals surface area contributed by atoms with Crippen molar-refractivity contribution in [2.45, 2.75) is 76.6 Å². The minimum Gasteiger partial charge on any atom is -0.393 e. The van der Waals surface area contributed by atoms with Crippen molar-refractivity contribution < 1.29 is 19.5 Å². The third-order valence-electron chi connectivity index (χ3n) is 6.05. The van der Waals surface area contributed by atoms with Gasteiger partial charge in [0, 0.05) is 13.0 Å². The molecule has 5 heteroatoms. The number of aliphatic hydroxyl groups excluding tert-OH is 1.